The lowest BCUT2D eigenvalue weighted by molar-refractivity contribution is 0.234. The van der Waals surface area contributed by atoms with Crippen molar-refractivity contribution in [1.29, 1.82) is 0 Å². The highest BCUT2D eigenvalue weighted by Gasteiger charge is 2.09. The second-order valence-corrected chi connectivity index (χ2v) is 4.62. The summed E-state index contributed by atoms with van der Waals surface area (Å²) in [6, 6.07) is 4.77. The maximum absolute atomic E-state index is 4.42. The molecule has 0 aliphatic carbocycles. The van der Waals surface area contributed by atoms with Gasteiger partial charge in [-0.25, -0.2) is 0 Å². The average Bonchev–Trinajstić information content (AvgIpc) is 2.30. The van der Waals surface area contributed by atoms with Gasteiger partial charge in [0.15, 0.2) is 0 Å². The fraction of sp³-hybridized carbons (Fsp3) is 0.643. The molecule has 0 spiro atoms. The second kappa shape index (κ2) is 7.28. The van der Waals surface area contributed by atoms with Gasteiger partial charge in [-0.15, -0.1) is 0 Å². The van der Waals surface area contributed by atoms with Crippen LogP contribution in [0.1, 0.15) is 39.3 Å². The van der Waals surface area contributed by atoms with Gasteiger partial charge in [0.2, 0.25) is 0 Å². The van der Waals surface area contributed by atoms with Crippen LogP contribution in [0.25, 0.3) is 0 Å². The molecule has 17 heavy (non-hydrogen) atoms. The second-order valence-electron chi connectivity index (χ2n) is 4.62. The third kappa shape index (κ3) is 4.73. The van der Waals surface area contributed by atoms with Crippen LogP contribution in [0.2, 0.25) is 0 Å². The third-order valence-corrected chi connectivity index (χ3v) is 3.07. The molecule has 0 saturated carbocycles. The van der Waals surface area contributed by atoms with Crippen molar-refractivity contribution >= 4 is 5.69 Å². The molecule has 0 bridgehead atoms. The van der Waals surface area contributed by atoms with Crippen molar-refractivity contribution in [2.75, 3.05) is 18.9 Å². The van der Waals surface area contributed by atoms with Gasteiger partial charge >= 0.3 is 0 Å². The Balaban J connectivity index is 2.58. The molecule has 1 unspecified atom stereocenters. The van der Waals surface area contributed by atoms with E-state index < -0.39 is 0 Å². The van der Waals surface area contributed by atoms with Crippen LogP contribution in [0.3, 0.4) is 0 Å². The van der Waals surface area contributed by atoms with Crippen LogP contribution in [0.4, 0.5) is 5.69 Å². The van der Waals surface area contributed by atoms with E-state index in [-0.39, 0.29) is 0 Å². The van der Waals surface area contributed by atoms with Gasteiger partial charge in [0.05, 0.1) is 5.69 Å². The molecular formula is C14H25N3. The molecule has 0 radical (unpaired) electrons. The molecule has 1 rings (SSSR count). The van der Waals surface area contributed by atoms with Gasteiger partial charge < -0.3 is 5.32 Å². The van der Waals surface area contributed by atoms with Gasteiger partial charge in [-0.3, -0.25) is 9.88 Å². The van der Waals surface area contributed by atoms with E-state index in [9.17, 15) is 0 Å². The number of hydrogen-bond donors (Lipinski definition) is 1. The number of aromatic nitrogens is 1. The van der Waals surface area contributed by atoms with Crippen molar-refractivity contribution in [3.63, 3.8) is 0 Å². The summed E-state index contributed by atoms with van der Waals surface area (Å²) in [6.07, 6.45) is 4.35. The first kappa shape index (κ1) is 14.0. The molecule has 0 fully saturated rings. The summed E-state index contributed by atoms with van der Waals surface area (Å²) < 4.78 is 0. The van der Waals surface area contributed by atoms with Gasteiger partial charge in [0, 0.05) is 31.0 Å². The maximum atomic E-state index is 4.42. The van der Waals surface area contributed by atoms with Crippen LogP contribution < -0.4 is 5.32 Å². The summed E-state index contributed by atoms with van der Waals surface area (Å²) in [4.78, 5) is 6.79. The van der Waals surface area contributed by atoms with Crippen molar-refractivity contribution in [2.24, 2.45) is 0 Å². The average molecular weight is 235 g/mol. The number of rotatable bonds is 7. The zero-order valence-corrected chi connectivity index (χ0v) is 11.5. The van der Waals surface area contributed by atoms with E-state index in [0.717, 1.165) is 24.5 Å². The Morgan fingerprint density at radius 2 is 2.18 bits per heavy atom. The van der Waals surface area contributed by atoms with Crippen molar-refractivity contribution in [1.82, 2.24) is 9.88 Å². The number of pyridine rings is 1. The largest absolute Gasteiger partial charge is 0.385 e. The highest BCUT2D eigenvalue weighted by molar-refractivity contribution is 5.42. The van der Waals surface area contributed by atoms with Crippen LogP contribution in [0.15, 0.2) is 18.3 Å². The van der Waals surface area contributed by atoms with E-state index in [1.165, 1.54) is 12.8 Å². The topological polar surface area (TPSA) is 28.2 Å². The van der Waals surface area contributed by atoms with Gasteiger partial charge in [0.25, 0.3) is 0 Å². The van der Waals surface area contributed by atoms with Crippen LogP contribution in [-0.4, -0.2) is 29.5 Å². The van der Waals surface area contributed by atoms with Crippen LogP contribution >= 0.6 is 0 Å². The standard InChI is InChI=1S/C14H25N3/c1-5-7-12(3)17(4)11-14-10-13(15-6-2)8-9-16-14/h8-10,12H,5-7,11H2,1-4H3,(H,15,16). The molecule has 3 heteroatoms. The fourth-order valence-electron chi connectivity index (χ4n) is 1.93. The number of nitrogens with one attached hydrogen (secondary N) is 1. The Hall–Kier alpha value is -1.09. The first-order valence-electron chi connectivity index (χ1n) is 6.56. The van der Waals surface area contributed by atoms with Gasteiger partial charge in [-0.1, -0.05) is 13.3 Å². The molecule has 1 heterocycles. The van der Waals surface area contributed by atoms with Crippen LogP contribution in [-0.2, 0) is 6.54 Å². The Labute approximate surface area is 105 Å². The van der Waals surface area contributed by atoms with E-state index >= 15 is 0 Å². The SMILES string of the molecule is CCCC(C)N(C)Cc1cc(NCC)ccn1. The lowest BCUT2D eigenvalue weighted by atomic mass is 10.1. The molecule has 1 aromatic heterocycles. The Morgan fingerprint density at radius 1 is 1.41 bits per heavy atom. The van der Waals surface area contributed by atoms with E-state index in [1.807, 2.05) is 12.3 Å². The summed E-state index contributed by atoms with van der Waals surface area (Å²) in [5.41, 5.74) is 2.29. The molecule has 1 atom stereocenters. The van der Waals surface area contributed by atoms with E-state index in [1.54, 1.807) is 0 Å². The number of hydrogen-bond acceptors (Lipinski definition) is 3. The van der Waals surface area contributed by atoms with Crippen molar-refractivity contribution in [3.8, 4) is 0 Å². The summed E-state index contributed by atoms with van der Waals surface area (Å²) in [7, 11) is 2.17. The maximum Gasteiger partial charge on any atom is 0.0564 e. The lowest BCUT2D eigenvalue weighted by Gasteiger charge is -2.24. The van der Waals surface area contributed by atoms with Gasteiger partial charge in [-0.05, 0) is 39.4 Å². The zero-order chi connectivity index (χ0) is 12.7. The molecular weight excluding hydrogens is 210 g/mol. The van der Waals surface area contributed by atoms with E-state index in [0.29, 0.717) is 6.04 Å². The number of nitrogens with zero attached hydrogens (tertiary/aromatic N) is 2. The Morgan fingerprint density at radius 3 is 2.82 bits per heavy atom. The minimum Gasteiger partial charge on any atom is -0.385 e. The zero-order valence-electron chi connectivity index (χ0n) is 11.5. The minimum atomic E-state index is 0.615. The van der Waals surface area contributed by atoms with Crippen molar-refractivity contribution in [3.05, 3.63) is 24.0 Å². The molecule has 96 valence electrons. The predicted octanol–water partition coefficient (Wildman–Crippen LogP) is 3.13. The van der Waals surface area contributed by atoms with Crippen LogP contribution in [0, 0.1) is 0 Å². The molecule has 0 amide bonds. The molecule has 0 saturated heterocycles. The molecule has 1 aromatic rings. The fourth-order valence-corrected chi connectivity index (χ4v) is 1.93. The summed E-state index contributed by atoms with van der Waals surface area (Å²) in [5.74, 6) is 0. The van der Waals surface area contributed by atoms with Crippen LogP contribution in [0.5, 0.6) is 0 Å². The summed E-state index contributed by atoms with van der Waals surface area (Å²) >= 11 is 0. The quantitative estimate of drug-likeness (QED) is 0.787. The molecule has 3 nitrogen and oxygen atoms in total. The molecule has 1 N–H and O–H groups in total. The Bertz CT molecular complexity index is 325. The van der Waals surface area contributed by atoms with Gasteiger partial charge in [0.1, 0.15) is 0 Å². The van der Waals surface area contributed by atoms with Crippen molar-refractivity contribution in [2.45, 2.75) is 46.2 Å². The summed E-state index contributed by atoms with van der Waals surface area (Å²) in [6.45, 7) is 8.48. The predicted molar refractivity (Wildman–Crippen MR) is 74.2 cm³/mol. The lowest BCUT2D eigenvalue weighted by Crippen LogP contribution is -2.28. The normalized spacial score (nSPS) is 12.8. The Kier molecular flexibility index (Phi) is 5.98. The molecule has 0 aromatic carbocycles. The van der Waals surface area contributed by atoms with E-state index in [4.69, 9.17) is 0 Å². The molecule has 0 aliphatic heterocycles. The smallest absolute Gasteiger partial charge is 0.0564 e. The number of anilines is 1. The monoisotopic (exact) mass is 235 g/mol. The van der Waals surface area contributed by atoms with Gasteiger partial charge in [-0.2, -0.15) is 0 Å². The first-order chi connectivity index (χ1) is 8.17. The third-order valence-electron chi connectivity index (χ3n) is 3.07. The highest BCUT2D eigenvalue weighted by Crippen LogP contribution is 2.12. The minimum absolute atomic E-state index is 0.615. The van der Waals surface area contributed by atoms with Crippen molar-refractivity contribution < 1.29 is 0 Å². The molecule has 0 aliphatic rings. The first-order valence-corrected chi connectivity index (χ1v) is 6.56. The summed E-state index contributed by atoms with van der Waals surface area (Å²) in [5, 5.41) is 3.32. The highest BCUT2D eigenvalue weighted by atomic mass is 15.1. The van der Waals surface area contributed by atoms with E-state index in [2.05, 4.69) is 49.1 Å².